The molecule has 1 aliphatic rings. The van der Waals surface area contributed by atoms with E-state index in [9.17, 15) is 10.1 Å². The standard InChI is InChI=1S/C15H13N3O2/c19-18(20)13-8-6-12(7-9-13)16-17-15-10-5-11-3-1-2-4-14(11)15/h1-4,6-9,16H,5,10H2. The Labute approximate surface area is 116 Å². The fraction of sp³-hybridized carbons (Fsp3) is 0.133. The number of nitrogens with zero attached hydrogens (tertiary/aromatic N) is 2. The van der Waals surface area contributed by atoms with E-state index in [4.69, 9.17) is 0 Å². The number of nitro benzene ring substituents is 1. The summed E-state index contributed by atoms with van der Waals surface area (Å²) in [4.78, 5) is 10.2. The van der Waals surface area contributed by atoms with E-state index in [1.54, 1.807) is 12.1 Å². The third-order valence-corrected chi connectivity index (χ3v) is 3.36. The number of nitrogens with one attached hydrogen (secondary N) is 1. The maximum Gasteiger partial charge on any atom is 0.269 e. The number of non-ortho nitro benzene ring substituents is 1. The minimum atomic E-state index is -0.414. The Morgan fingerprint density at radius 2 is 1.80 bits per heavy atom. The fourth-order valence-corrected chi connectivity index (χ4v) is 2.31. The average molecular weight is 267 g/mol. The summed E-state index contributed by atoms with van der Waals surface area (Å²) in [5, 5.41) is 15.0. The Kier molecular flexibility index (Phi) is 3.16. The van der Waals surface area contributed by atoms with E-state index in [1.165, 1.54) is 23.3 Å². The second kappa shape index (κ2) is 5.13. The number of benzene rings is 2. The summed E-state index contributed by atoms with van der Waals surface area (Å²) < 4.78 is 0. The Bertz CT molecular complexity index is 678. The molecule has 1 N–H and O–H groups in total. The molecular formula is C15H13N3O2. The number of rotatable bonds is 3. The second-order valence-corrected chi connectivity index (χ2v) is 4.63. The molecule has 0 saturated carbocycles. The summed E-state index contributed by atoms with van der Waals surface area (Å²) in [5.41, 5.74) is 7.31. The highest BCUT2D eigenvalue weighted by Crippen LogP contribution is 2.22. The first kappa shape index (κ1) is 12.3. The summed E-state index contributed by atoms with van der Waals surface area (Å²) in [6.07, 6.45) is 1.93. The van der Waals surface area contributed by atoms with Crippen molar-refractivity contribution in [1.29, 1.82) is 0 Å². The van der Waals surface area contributed by atoms with Crippen LogP contribution in [0.3, 0.4) is 0 Å². The molecule has 0 aliphatic heterocycles. The molecule has 20 heavy (non-hydrogen) atoms. The molecule has 2 aromatic carbocycles. The van der Waals surface area contributed by atoms with Crippen molar-refractivity contribution in [3.63, 3.8) is 0 Å². The first-order valence-corrected chi connectivity index (χ1v) is 6.39. The lowest BCUT2D eigenvalue weighted by molar-refractivity contribution is -0.384. The van der Waals surface area contributed by atoms with E-state index in [1.807, 2.05) is 12.1 Å². The molecule has 0 atom stereocenters. The van der Waals surface area contributed by atoms with Crippen LogP contribution in [0.5, 0.6) is 0 Å². The largest absolute Gasteiger partial charge is 0.278 e. The molecule has 100 valence electrons. The van der Waals surface area contributed by atoms with Crippen molar-refractivity contribution in [3.8, 4) is 0 Å². The predicted octanol–water partition coefficient (Wildman–Crippen LogP) is 3.36. The van der Waals surface area contributed by atoms with Crippen LogP contribution in [0.15, 0.2) is 53.6 Å². The van der Waals surface area contributed by atoms with Crippen LogP contribution in [0.4, 0.5) is 11.4 Å². The van der Waals surface area contributed by atoms with Crippen molar-refractivity contribution >= 4 is 17.1 Å². The van der Waals surface area contributed by atoms with E-state index >= 15 is 0 Å². The van der Waals surface area contributed by atoms with Crippen molar-refractivity contribution in [1.82, 2.24) is 0 Å². The molecule has 0 aromatic heterocycles. The molecule has 3 rings (SSSR count). The molecule has 0 unspecified atom stereocenters. The highest BCUT2D eigenvalue weighted by molar-refractivity contribution is 6.04. The van der Waals surface area contributed by atoms with Crippen LogP contribution in [-0.4, -0.2) is 10.6 Å². The van der Waals surface area contributed by atoms with Gasteiger partial charge in [-0.1, -0.05) is 24.3 Å². The molecule has 0 bridgehead atoms. The van der Waals surface area contributed by atoms with Crippen LogP contribution in [0.25, 0.3) is 0 Å². The fourth-order valence-electron chi connectivity index (χ4n) is 2.31. The van der Waals surface area contributed by atoms with Gasteiger partial charge in [0.15, 0.2) is 0 Å². The molecule has 5 nitrogen and oxygen atoms in total. The molecule has 0 fully saturated rings. The summed E-state index contributed by atoms with van der Waals surface area (Å²) in [6, 6.07) is 14.5. The topological polar surface area (TPSA) is 67.5 Å². The van der Waals surface area contributed by atoms with Crippen molar-refractivity contribution < 1.29 is 4.92 Å². The van der Waals surface area contributed by atoms with Crippen LogP contribution in [-0.2, 0) is 6.42 Å². The van der Waals surface area contributed by atoms with E-state index in [2.05, 4.69) is 22.7 Å². The van der Waals surface area contributed by atoms with Gasteiger partial charge < -0.3 is 0 Å². The maximum absolute atomic E-state index is 10.6. The summed E-state index contributed by atoms with van der Waals surface area (Å²) in [7, 11) is 0. The number of hydrazone groups is 1. The zero-order valence-corrected chi connectivity index (χ0v) is 10.7. The quantitative estimate of drug-likeness (QED) is 0.685. The van der Waals surface area contributed by atoms with Gasteiger partial charge in [0.1, 0.15) is 0 Å². The number of hydrogen-bond donors (Lipinski definition) is 1. The van der Waals surface area contributed by atoms with Crippen molar-refractivity contribution in [2.75, 3.05) is 5.43 Å². The summed E-state index contributed by atoms with van der Waals surface area (Å²) >= 11 is 0. The van der Waals surface area contributed by atoms with Crippen LogP contribution >= 0.6 is 0 Å². The number of aryl methyl sites for hydroxylation is 1. The smallest absolute Gasteiger partial charge is 0.269 e. The number of hydrogen-bond acceptors (Lipinski definition) is 4. The van der Waals surface area contributed by atoms with Gasteiger partial charge in [-0.3, -0.25) is 15.5 Å². The van der Waals surface area contributed by atoms with Crippen molar-refractivity contribution in [3.05, 3.63) is 69.8 Å². The SMILES string of the molecule is O=[N+]([O-])c1ccc(NN=C2CCc3ccccc32)cc1. The van der Waals surface area contributed by atoms with Crippen LogP contribution in [0.2, 0.25) is 0 Å². The lowest BCUT2D eigenvalue weighted by Crippen LogP contribution is -1.99. The van der Waals surface area contributed by atoms with E-state index < -0.39 is 4.92 Å². The summed E-state index contributed by atoms with van der Waals surface area (Å²) in [6.45, 7) is 0. The molecule has 5 heteroatoms. The van der Waals surface area contributed by atoms with Crippen LogP contribution in [0, 0.1) is 10.1 Å². The summed E-state index contributed by atoms with van der Waals surface area (Å²) in [5.74, 6) is 0. The van der Waals surface area contributed by atoms with Gasteiger partial charge in [-0.25, -0.2) is 0 Å². The van der Waals surface area contributed by atoms with Gasteiger partial charge in [0.05, 0.1) is 16.3 Å². The van der Waals surface area contributed by atoms with Crippen LogP contribution in [0.1, 0.15) is 17.5 Å². The molecule has 0 radical (unpaired) electrons. The van der Waals surface area contributed by atoms with E-state index in [0.29, 0.717) is 0 Å². The van der Waals surface area contributed by atoms with Gasteiger partial charge in [-0.15, -0.1) is 0 Å². The van der Waals surface area contributed by atoms with Gasteiger partial charge >= 0.3 is 0 Å². The van der Waals surface area contributed by atoms with Gasteiger partial charge in [0.25, 0.3) is 5.69 Å². The molecule has 0 spiro atoms. The third-order valence-electron chi connectivity index (χ3n) is 3.36. The average Bonchev–Trinajstić information content (AvgIpc) is 2.89. The highest BCUT2D eigenvalue weighted by atomic mass is 16.6. The lowest BCUT2D eigenvalue weighted by atomic mass is 10.1. The first-order valence-electron chi connectivity index (χ1n) is 6.39. The normalized spacial score (nSPS) is 15.1. The van der Waals surface area contributed by atoms with Crippen LogP contribution < -0.4 is 5.43 Å². The van der Waals surface area contributed by atoms with Gasteiger partial charge in [-0.2, -0.15) is 5.10 Å². The van der Waals surface area contributed by atoms with E-state index in [-0.39, 0.29) is 5.69 Å². The number of fused-ring (bicyclic) bond motifs is 1. The third kappa shape index (κ3) is 2.38. The van der Waals surface area contributed by atoms with Crippen molar-refractivity contribution in [2.24, 2.45) is 5.10 Å². The molecule has 0 saturated heterocycles. The zero-order chi connectivity index (χ0) is 13.9. The second-order valence-electron chi connectivity index (χ2n) is 4.63. The van der Waals surface area contributed by atoms with Gasteiger partial charge in [-0.05, 0) is 30.5 Å². The molecule has 0 heterocycles. The Morgan fingerprint density at radius 3 is 2.55 bits per heavy atom. The van der Waals surface area contributed by atoms with Gasteiger partial charge in [0.2, 0.25) is 0 Å². The molecule has 1 aliphatic carbocycles. The Balaban J connectivity index is 1.76. The molecule has 0 amide bonds. The van der Waals surface area contributed by atoms with Crippen molar-refractivity contribution in [2.45, 2.75) is 12.8 Å². The Hall–Kier alpha value is -2.69. The Morgan fingerprint density at radius 1 is 1.05 bits per heavy atom. The predicted molar refractivity (Wildman–Crippen MR) is 78.0 cm³/mol. The minimum Gasteiger partial charge on any atom is -0.278 e. The maximum atomic E-state index is 10.6. The monoisotopic (exact) mass is 267 g/mol. The number of nitro groups is 1. The van der Waals surface area contributed by atoms with Gasteiger partial charge in [0, 0.05) is 17.7 Å². The highest BCUT2D eigenvalue weighted by Gasteiger charge is 2.16. The molecular weight excluding hydrogens is 254 g/mol. The number of anilines is 1. The zero-order valence-electron chi connectivity index (χ0n) is 10.7. The minimum absolute atomic E-state index is 0.0782. The van der Waals surface area contributed by atoms with E-state index in [0.717, 1.165) is 24.2 Å². The first-order chi connectivity index (χ1) is 9.74. The lowest BCUT2D eigenvalue weighted by Gasteiger charge is -2.03. The molecule has 2 aromatic rings.